The minimum atomic E-state index is -0.461. The number of methoxy groups -OCH3 is 1. The molecule has 0 unspecified atom stereocenters. The number of carbonyl (C=O) groups is 2. The minimum absolute atomic E-state index is 0.000821. The van der Waals surface area contributed by atoms with Gasteiger partial charge in [-0.2, -0.15) is 0 Å². The van der Waals surface area contributed by atoms with Gasteiger partial charge in [0.1, 0.15) is 19.0 Å². The average molecular weight is 535 g/mol. The molecule has 1 aliphatic rings. The molecule has 0 spiro atoms. The second-order valence-electron chi connectivity index (χ2n) is 8.57. The summed E-state index contributed by atoms with van der Waals surface area (Å²) in [7, 11) is 1.51. The number of non-ortho nitro benzene ring substituents is 1. The van der Waals surface area contributed by atoms with Crippen molar-refractivity contribution in [2.45, 2.75) is 20.5 Å². The molecule has 10 heteroatoms. The molecule has 1 fully saturated rings. The van der Waals surface area contributed by atoms with Crippen molar-refractivity contribution in [1.29, 1.82) is 0 Å². The van der Waals surface area contributed by atoms with Gasteiger partial charge in [0.25, 0.3) is 16.8 Å². The SMILES string of the molecule is COc1ccc(/C=C2\SC(=O)N(CCOc3cc(C)ccc3C)C2=O)cc1OCc1ccc([N+](=O)[O-])cc1. The predicted molar refractivity (Wildman–Crippen MR) is 145 cm³/mol. The highest BCUT2D eigenvalue weighted by atomic mass is 32.2. The van der Waals surface area contributed by atoms with Gasteiger partial charge in [-0.25, -0.2) is 0 Å². The molecule has 1 aliphatic heterocycles. The molecule has 196 valence electrons. The van der Waals surface area contributed by atoms with Crippen LogP contribution in [0.5, 0.6) is 17.2 Å². The summed E-state index contributed by atoms with van der Waals surface area (Å²) in [4.78, 5) is 37.3. The number of rotatable bonds is 10. The summed E-state index contributed by atoms with van der Waals surface area (Å²) in [6.07, 6.45) is 1.63. The molecule has 0 aliphatic carbocycles. The van der Waals surface area contributed by atoms with E-state index in [1.165, 1.54) is 24.1 Å². The third-order valence-electron chi connectivity index (χ3n) is 5.82. The van der Waals surface area contributed by atoms with Crippen molar-refractivity contribution in [3.05, 3.63) is 97.9 Å². The number of hydrogen-bond donors (Lipinski definition) is 0. The maximum absolute atomic E-state index is 12.9. The molecule has 1 saturated heterocycles. The van der Waals surface area contributed by atoms with E-state index in [9.17, 15) is 19.7 Å². The van der Waals surface area contributed by atoms with Crippen LogP contribution in [-0.2, 0) is 11.4 Å². The number of nitro benzene ring substituents is 1. The fourth-order valence-electron chi connectivity index (χ4n) is 3.72. The lowest BCUT2D eigenvalue weighted by Gasteiger charge is -2.14. The Morgan fingerprint density at radius 3 is 2.42 bits per heavy atom. The Morgan fingerprint density at radius 1 is 0.947 bits per heavy atom. The molecule has 4 rings (SSSR count). The summed E-state index contributed by atoms with van der Waals surface area (Å²) in [5, 5.41) is 10.5. The van der Waals surface area contributed by atoms with Crippen molar-refractivity contribution in [1.82, 2.24) is 4.90 Å². The molecular formula is C28H26N2O7S. The van der Waals surface area contributed by atoms with Gasteiger partial charge in [0, 0.05) is 12.1 Å². The number of amides is 2. The van der Waals surface area contributed by atoms with Gasteiger partial charge < -0.3 is 14.2 Å². The Balaban J connectivity index is 1.42. The molecule has 3 aromatic carbocycles. The van der Waals surface area contributed by atoms with Gasteiger partial charge >= 0.3 is 0 Å². The van der Waals surface area contributed by atoms with E-state index in [0.717, 1.165) is 34.2 Å². The first-order valence-electron chi connectivity index (χ1n) is 11.7. The lowest BCUT2D eigenvalue weighted by molar-refractivity contribution is -0.384. The Labute approximate surface area is 224 Å². The number of benzene rings is 3. The van der Waals surface area contributed by atoms with Crippen LogP contribution in [0.25, 0.3) is 6.08 Å². The lowest BCUT2D eigenvalue weighted by Crippen LogP contribution is -2.32. The molecule has 0 radical (unpaired) electrons. The summed E-state index contributed by atoms with van der Waals surface area (Å²) in [5.41, 5.74) is 3.44. The van der Waals surface area contributed by atoms with Crippen LogP contribution in [0.1, 0.15) is 22.3 Å². The van der Waals surface area contributed by atoms with Crippen LogP contribution in [0.15, 0.2) is 65.6 Å². The molecule has 38 heavy (non-hydrogen) atoms. The third kappa shape index (κ3) is 6.33. The van der Waals surface area contributed by atoms with Crippen molar-refractivity contribution in [2.75, 3.05) is 20.3 Å². The number of thioether (sulfide) groups is 1. The molecule has 3 aromatic rings. The molecular weight excluding hydrogens is 508 g/mol. The van der Waals surface area contributed by atoms with Crippen molar-refractivity contribution >= 4 is 34.7 Å². The van der Waals surface area contributed by atoms with E-state index in [0.29, 0.717) is 22.0 Å². The van der Waals surface area contributed by atoms with Crippen molar-refractivity contribution in [3.8, 4) is 17.2 Å². The Bertz CT molecular complexity index is 1400. The van der Waals surface area contributed by atoms with E-state index in [4.69, 9.17) is 14.2 Å². The van der Waals surface area contributed by atoms with Gasteiger partial charge in [0.05, 0.1) is 23.5 Å². The van der Waals surface area contributed by atoms with Crippen LogP contribution in [0, 0.1) is 24.0 Å². The highest BCUT2D eigenvalue weighted by Gasteiger charge is 2.34. The maximum atomic E-state index is 12.9. The van der Waals surface area contributed by atoms with Gasteiger partial charge in [-0.1, -0.05) is 18.2 Å². The summed E-state index contributed by atoms with van der Waals surface area (Å²) < 4.78 is 17.1. The summed E-state index contributed by atoms with van der Waals surface area (Å²) >= 11 is 0.874. The number of ether oxygens (including phenoxy) is 3. The van der Waals surface area contributed by atoms with E-state index < -0.39 is 4.92 Å². The highest BCUT2D eigenvalue weighted by molar-refractivity contribution is 8.18. The zero-order valence-electron chi connectivity index (χ0n) is 21.1. The lowest BCUT2D eigenvalue weighted by atomic mass is 10.1. The van der Waals surface area contributed by atoms with E-state index >= 15 is 0 Å². The predicted octanol–water partition coefficient (Wildman–Crippen LogP) is 5.91. The van der Waals surface area contributed by atoms with Gasteiger partial charge in [-0.05, 0) is 84.3 Å². The van der Waals surface area contributed by atoms with Crippen LogP contribution in [0.4, 0.5) is 10.5 Å². The van der Waals surface area contributed by atoms with E-state index in [-0.39, 0.29) is 36.6 Å². The summed E-state index contributed by atoms with van der Waals surface area (Å²) in [5.74, 6) is 1.27. The van der Waals surface area contributed by atoms with Gasteiger partial charge in [0.15, 0.2) is 11.5 Å². The first-order chi connectivity index (χ1) is 18.2. The Kier molecular flexibility index (Phi) is 8.32. The molecule has 9 nitrogen and oxygen atoms in total. The fourth-order valence-corrected chi connectivity index (χ4v) is 4.59. The summed E-state index contributed by atoms with van der Waals surface area (Å²) in [6.45, 7) is 4.41. The second kappa shape index (κ2) is 11.8. The van der Waals surface area contributed by atoms with Crippen molar-refractivity contribution in [3.63, 3.8) is 0 Å². The number of nitrogens with zero attached hydrogens (tertiary/aromatic N) is 2. The second-order valence-corrected chi connectivity index (χ2v) is 9.57. The number of imide groups is 1. The molecule has 0 bridgehead atoms. The molecule has 0 N–H and O–H groups in total. The monoisotopic (exact) mass is 534 g/mol. The van der Waals surface area contributed by atoms with Crippen molar-refractivity contribution in [2.24, 2.45) is 0 Å². The smallest absolute Gasteiger partial charge is 0.293 e. The average Bonchev–Trinajstić information content (AvgIpc) is 3.17. The Morgan fingerprint density at radius 2 is 1.71 bits per heavy atom. The van der Waals surface area contributed by atoms with Crippen LogP contribution >= 0.6 is 11.8 Å². The third-order valence-corrected chi connectivity index (χ3v) is 6.72. The largest absolute Gasteiger partial charge is 0.493 e. The van der Waals surface area contributed by atoms with Crippen LogP contribution in [0.2, 0.25) is 0 Å². The first kappa shape index (κ1) is 26.7. The number of carbonyl (C=O) groups excluding carboxylic acids is 2. The maximum Gasteiger partial charge on any atom is 0.293 e. The molecule has 0 atom stereocenters. The van der Waals surface area contributed by atoms with Crippen LogP contribution < -0.4 is 14.2 Å². The first-order valence-corrected chi connectivity index (χ1v) is 12.6. The normalized spacial score (nSPS) is 14.2. The quantitative estimate of drug-likeness (QED) is 0.179. The van der Waals surface area contributed by atoms with Crippen LogP contribution in [-0.4, -0.2) is 41.2 Å². The highest BCUT2D eigenvalue weighted by Crippen LogP contribution is 2.35. The topological polar surface area (TPSA) is 108 Å². The van der Waals surface area contributed by atoms with Gasteiger partial charge in [-0.15, -0.1) is 0 Å². The van der Waals surface area contributed by atoms with E-state index in [1.807, 2.05) is 32.0 Å². The van der Waals surface area contributed by atoms with Crippen molar-refractivity contribution < 1.29 is 28.7 Å². The standard InChI is InChI=1S/C28H26N2O7S/c1-18-4-5-19(2)24(14-18)36-13-12-29-27(31)26(38-28(29)32)16-21-8-11-23(35-3)25(15-21)37-17-20-6-9-22(10-7-20)30(33)34/h4-11,14-16H,12-13,17H2,1-3H3/b26-16-. The van der Waals surface area contributed by atoms with E-state index in [1.54, 1.807) is 36.4 Å². The van der Waals surface area contributed by atoms with Crippen LogP contribution in [0.3, 0.4) is 0 Å². The zero-order valence-corrected chi connectivity index (χ0v) is 21.9. The molecule has 1 heterocycles. The fraction of sp³-hybridized carbons (Fsp3) is 0.214. The summed E-state index contributed by atoms with van der Waals surface area (Å²) in [6, 6.07) is 17.1. The van der Waals surface area contributed by atoms with Gasteiger partial charge in [0.2, 0.25) is 0 Å². The number of aryl methyl sites for hydroxylation is 2. The number of nitro groups is 1. The molecule has 0 saturated carbocycles. The Hall–Kier alpha value is -4.31. The molecule has 0 aromatic heterocycles. The number of hydrogen-bond acceptors (Lipinski definition) is 8. The minimum Gasteiger partial charge on any atom is -0.493 e. The molecule has 2 amide bonds. The van der Waals surface area contributed by atoms with Gasteiger partial charge in [-0.3, -0.25) is 24.6 Å². The zero-order chi connectivity index (χ0) is 27.2. The van der Waals surface area contributed by atoms with E-state index in [2.05, 4.69) is 0 Å².